The van der Waals surface area contributed by atoms with E-state index in [-0.39, 0.29) is 6.10 Å². The molecule has 0 unspecified atom stereocenters. The molecular weight excluding hydrogens is 352 g/mol. The van der Waals surface area contributed by atoms with E-state index in [4.69, 9.17) is 19.3 Å². The Morgan fingerprint density at radius 3 is 2.14 bits per heavy atom. The van der Waals surface area contributed by atoms with Crippen molar-refractivity contribution >= 4 is 0 Å². The van der Waals surface area contributed by atoms with Gasteiger partial charge in [0.15, 0.2) is 5.79 Å². The molecule has 1 aliphatic heterocycles. The zero-order valence-corrected chi connectivity index (χ0v) is 18.0. The largest absolute Gasteiger partial charge is 0.498 e. The lowest BCUT2D eigenvalue weighted by molar-refractivity contribution is -0.142. The fraction of sp³-hybridized carbons (Fsp3) is 0.750. The average molecular weight is 393 g/mol. The van der Waals surface area contributed by atoms with Gasteiger partial charge in [-0.25, -0.2) is 0 Å². The predicted molar refractivity (Wildman–Crippen MR) is 115 cm³/mol. The van der Waals surface area contributed by atoms with Gasteiger partial charge in [-0.05, 0) is 39.2 Å². The quantitative estimate of drug-likeness (QED) is 0.227. The molecular formula is C24H40O4. The summed E-state index contributed by atoms with van der Waals surface area (Å²) in [5.41, 5.74) is 0. The molecule has 1 atom stereocenters. The number of aliphatic hydroxyl groups is 1. The summed E-state index contributed by atoms with van der Waals surface area (Å²) in [7, 11) is 0. The number of ether oxygens (including phenoxy) is 3. The second-order valence-corrected chi connectivity index (χ2v) is 7.83. The van der Waals surface area contributed by atoms with Crippen molar-refractivity contribution in [3.63, 3.8) is 0 Å². The van der Waals surface area contributed by atoms with Crippen LogP contribution >= 0.6 is 0 Å². The number of allylic oxidation sites excluding steroid dienone is 3. The number of aliphatic hydroxyl groups excluding tert-OH is 1. The van der Waals surface area contributed by atoms with Gasteiger partial charge in [0.25, 0.3) is 0 Å². The van der Waals surface area contributed by atoms with E-state index in [9.17, 15) is 0 Å². The van der Waals surface area contributed by atoms with Crippen LogP contribution in [0.1, 0.15) is 84.5 Å². The SMILES string of the molecule is CC1(C)OC[C@@H](CO/C=C\C#C/C=C\CCCCCCCCCCCCO)O1. The smallest absolute Gasteiger partial charge is 0.163 e. The molecule has 1 N–H and O–H groups in total. The lowest BCUT2D eigenvalue weighted by Crippen LogP contribution is -2.23. The fourth-order valence-corrected chi connectivity index (χ4v) is 3.12. The summed E-state index contributed by atoms with van der Waals surface area (Å²) in [6.45, 7) is 5.22. The maximum atomic E-state index is 8.72. The lowest BCUT2D eigenvalue weighted by Gasteiger charge is -2.16. The van der Waals surface area contributed by atoms with E-state index in [0.29, 0.717) is 19.8 Å². The van der Waals surface area contributed by atoms with Gasteiger partial charge in [-0.2, -0.15) is 0 Å². The van der Waals surface area contributed by atoms with Gasteiger partial charge in [-0.15, -0.1) is 0 Å². The van der Waals surface area contributed by atoms with Gasteiger partial charge in [0, 0.05) is 12.7 Å². The molecule has 0 radical (unpaired) electrons. The number of hydrogen-bond acceptors (Lipinski definition) is 4. The van der Waals surface area contributed by atoms with Crippen LogP contribution in [0.4, 0.5) is 0 Å². The number of hydrogen-bond donors (Lipinski definition) is 1. The summed E-state index contributed by atoms with van der Waals surface area (Å²) in [6, 6.07) is 0. The highest BCUT2D eigenvalue weighted by Crippen LogP contribution is 2.22. The molecule has 0 aromatic rings. The predicted octanol–water partition coefficient (Wildman–Crippen LogP) is 5.51. The lowest BCUT2D eigenvalue weighted by atomic mass is 10.1. The topological polar surface area (TPSA) is 47.9 Å². The molecule has 0 bridgehead atoms. The molecule has 0 aromatic carbocycles. The van der Waals surface area contributed by atoms with Crippen molar-refractivity contribution in [2.24, 2.45) is 0 Å². The molecule has 0 saturated carbocycles. The van der Waals surface area contributed by atoms with E-state index in [0.717, 1.165) is 12.8 Å². The zero-order valence-electron chi connectivity index (χ0n) is 18.0. The van der Waals surface area contributed by atoms with Gasteiger partial charge in [0.2, 0.25) is 0 Å². The van der Waals surface area contributed by atoms with Crippen molar-refractivity contribution in [2.45, 2.75) is 96.4 Å². The van der Waals surface area contributed by atoms with E-state index in [1.54, 1.807) is 12.3 Å². The molecule has 0 aliphatic carbocycles. The highest BCUT2D eigenvalue weighted by molar-refractivity contribution is 5.22. The van der Waals surface area contributed by atoms with E-state index in [2.05, 4.69) is 17.9 Å². The molecule has 1 heterocycles. The molecule has 1 saturated heterocycles. The first-order valence-electron chi connectivity index (χ1n) is 11.0. The van der Waals surface area contributed by atoms with Crippen LogP contribution in [0.25, 0.3) is 0 Å². The monoisotopic (exact) mass is 392 g/mol. The first kappa shape index (κ1) is 24.8. The molecule has 0 aromatic heterocycles. The van der Waals surface area contributed by atoms with Crippen LogP contribution in [0.2, 0.25) is 0 Å². The molecule has 1 rings (SSSR count). The summed E-state index contributed by atoms with van der Waals surface area (Å²) < 4.78 is 16.5. The number of unbranched alkanes of at least 4 members (excludes halogenated alkanes) is 10. The van der Waals surface area contributed by atoms with E-state index in [1.165, 1.54) is 57.8 Å². The average Bonchev–Trinajstić information content (AvgIpc) is 3.02. The first-order valence-corrected chi connectivity index (χ1v) is 11.0. The third-order valence-electron chi connectivity index (χ3n) is 4.66. The molecule has 28 heavy (non-hydrogen) atoms. The highest BCUT2D eigenvalue weighted by atomic mass is 16.7. The third-order valence-corrected chi connectivity index (χ3v) is 4.66. The van der Waals surface area contributed by atoms with Gasteiger partial charge in [0.05, 0.1) is 12.9 Å². The summed E-state index contributed by atoms with van der Waals surface area (Å²) in [5, 5.41) is 8.72. The van der Waals surface area contributed by atoms with Crippen LogP contribution in [0.15, 0.2) is 24.5 Å². The minimum Gasteiger partial charge on any atom is -0.498 e. The van der Waals surface area contributed by atoms with E-state index in [1.807, 2.05) is 19.9 Å². The molecule has 1 fully saturated rings. The second kappa shape index (κ2) is 16.7. The third kappa shape index (κ3) is 14.7. The fourth-order valence-electron chi connectivity index (χ4n) is 3.12. The van der Waals surface area contributed by atoms with Gasteiger partial charge in [-0.1, -0.05) is 69.3 Å². The van der Waals surface area contributed by atoms with Gasteiger partial charge in [0.1, 0.15) is 12.7 Å². The van der Waals surface area contributed by atoms with Crippen LogP contribution < -0.4 is 0 Å². The Morgan fingerprint density at radius 1 is 0.929 bits per heavy atom. The summed E-state index contributed by atoms with van der Waals surface area (Å²) in [5.74, 6) is 5.44. The molecule has 1 aliphatic rings. The molecule has 4 nitrogen and oxygen atoms in total. The molecule has 160 valence electrons. The Hall–Kier alpha value is -1.28. The van der Waals surface area contributed by atoms with Crippen molar-refractivity contribution in [3.8, 4) is 11.8 Å². The van der Waals surface area contributed by atoms with E-state index < -0.39 is 5.79 Å². The van der Waals surface area contributed by atoms with Gasteiger partial charge in [-0.3, -0.25) is 0 Å². The maximum absolute atomic E-state index is 8.72. The van der Waals surface area contributed by atoms with Crippen molar-refractivity contribution in [2.75, 3.05) is 19.8 Å². The maximum Gasteiger partial charge on any atom is 0.163 e. The summed E-state index contributed by atoms with van der Waals surface area (Å²) in [6.07, 6.45) is 21.2. The zero-order chi connectivity index (χ0) is 20.3. The van der Waals surface area contributed by atoms with Gasteiger partial charge < -0.3 is 19.3 Å². The van der Waals surface area contributed by atoms with Crippen LogP contribution in [0.5, 0.6) is 0 Å². The Kier molecular flexibility index (Phi) is 14.7. The molecule has 0 amide bonds. The molecule has 4 heteroatoms. The summed E-state index contributed by atoms with van der Waals surface area (Å²) >= 11 is 0. The van der Waals surface area contributed by atoms with Crippen LogP contribution in [0.3, 0.4) is 0 Å². The van der Waals surface area contributed by atoms with Gasteiger partial charge >= 0.3 is 0 Å². The second-order valence-electron chi connectivity index (χ2n) is 7.83. The number of rotatable bonds is 15. The highest BCUT2D eigenvalue weighted by Gasteiger charge is 2.32. The summed E-state index contributed by atoms with van der Waals surface area (Å²) in [4.78, 5) is 0. The molecule has 0 spiro atoms. The minimum absolute atomic E-state index is 0.00984. The van der Waals surface area contributed by atoms with Crippen molar-refractivity contribution in [1.82, 2.24) is 0 Å². The Balaban J connectivity index is 1.85. The van der Waals surface area contributed by atoms with E-state index >= 15 is 0 Å². The Morgan fingerprint density at radius 2 is 1.54 bits per heavy atom. The Bertz CT molecular complexity index is 485. The van der Waals surface area contributed by atoms with Crippen LogP contribution in [-0.2, 0) is 14.2 Å². The van der Waals surface area contributed by atoms with Crippen molar-refractivity contribution in [1.29, 1.82) is 0 Å². The van der Waals surface area contributed by atoms with Crippen LogP contribution in [0, 0.1) is 11.8 Å². The normalized spacial score (nSPS) is 18.6. The standard InChI is InChI=1S/C24H40O4/c1-24(2)27-22-23(28-24)21-26-20-18-16-14-12-10-8-6-4-3-5-7-9-11-13-15-17-19-25/h10,12,18,20,23,25H,3-9,11,13,15,17,19,21-22H2,1-2H3/b12-10-,20-18-/t23-/m1/s1. The Labute approximate surface area is 172 Å². The van der Waals surface area contributed by atoms with Crippen molar-refractivity contribution < 1.29 is 19.3 Å². The minimum atomic E-state index is -0.497. The van der Waals surface area contributed by atoms with Crippen molar-refractivity contribution in [3.05, 3.63) is 24.5 Å². The first-order chi connectivity index (χ1) is 13.6. The van der Waals surface area contributed by atoms with Crippen LogP contribution in [-0.4, -0.2) is 36.8 Å².